The van der Waals surface area contributed by atoms with Crippen molar-refractivity contribution in [3.05, 3.63) is 30.6 Å². The van der Waals surface area contributed by atoms with Crippen LogP contribution in [0.25, 0.3) is 0 Å². The lowest BCUT2D eigenvalue weighted by Crippen LogP contribution is -2.23. The Labute approximate surface area is 105 Å². The molecule has 0 aromatic carbocycles. The summed E-state index contributed by atoms with van der Waals surface area (Å²) in [5.74, 6) is 1.06. The molecular weight excluding hydrogens is 212 g/mol. The van der Waals surface area contributed by atoms with Gasteiger partial charge in [0.2, 0.25) is 0 Å². The lowest BCUT2D eigenvalue weighted by atomic mass is 10.3. The molecule has 1 aromatic rings. The van der Waals surface area contributed by atoms with Gasteiger partial charge in [0.25, 0.3) is 0 Å². The second kappa shape index (κ2) is 6.99. The second-order valence-electron chi connectivity index (χ2n) is 4.45. The van der Waals surface area contributed by atoms with Crippen LogP contribution in [0.5, 0.6) is 0 Å². The van der Waals surface area contributed by atoms with Gasteiger partial charge in [-0.15, -0.1) is 0 Å². The first-order chi connectivity index (χ1) is 8.13. The van der Waals surface area contributed by atoms with Crippen LogP contribution in [0.4, 0.5) is 0 Å². The normalized spacial score (nSPS) is 13.9. The molecule has 0 atom stereocenters. The second-order valence-corrected chi connectivity index (χ2v) is 4.45. The summed E-state index contributed by atoms with van der Waals surface area (Å²) in [6, 6.07) is 0. The molecule has 1 aromatic heterocycles. The molecule has 0 saturated heterocycles. The predicted molar refractivity (Wildman–Crippen MR) is 71.3 cm³/mol. The van der Waals surface area contributed by atoms with Gasteiger partial charge in [-0.3, -0.25) is 0 Å². The molecule has 17 heavy (non-hydrogen) atoms. The Hall–Kier alpha value is -1.45. The van der Waals surface area contributed by atoms with Crippen molar-refractivity contribution in [1.82, 2.24) is 19.4 Å². The largest absolute Gasteiger partial charge is 0.362 e. The fourth-order valence-electron chi connectivity index (χ4n) is 1.54. The Bertz CT molecular complexity index is 326. The summed E-state index contributed by atoms with van der Waals surface area (Å²) in [5.41, 5.74) is 0. The van der Waals surface area contributed by atoms with Gasteiger partial charge in [0, 0.05) is 45.4 Å². The third-order valence-electron chi connectivity index (χ3n) is 2.80. The van der Waals surface area contributed by atoms with E-state index in [2.05, 4.69) is 41.2 Å². The van der Waals surface area contributed by atoms with E-state index in [-0.39, 0.29) is 0 Å². The van der Waals surface area contributed by atoms with Crippen LogP contribution >= 0.6 is 0 Å². The SMILES string of the molecule is CCCCN1C=CN(C)C1.Cc1nccn1C. The molecule has 1 aliphatic heterocycles. The number of unbranched alkanes of at least 4 members (excludes halogenated alkanes) is 1. The van der Waals surface area contributed by atoms with Crippen molar-refractivity contribution in [3.63, 3.8) is 0 Å². The first kappa shape index (κ1) is 13.6. The molecule has 0 amide bonds. The van der Waals surface area contributed by atoms with Crippen molar-refractivity contribution in [2.24, 2.45) is 7.05 Å². The summed E-state index contributed by atoms with van der Waals surface area (Å²) in [5, 5.41) is 0. The highest BCUT2D eigenvalue weighted by molar-refractivity contribution is 4.88. The van der Waals surface area contributed by atoms with Gasteiger partial charge in [0.1, 0.15) is 5.82 Å². The average molecular weight is 236 g/mol. The highest BCUT2D eigenvalue weighted by Crippen LogP contribution is 2.04. The van der Waals surface area contributed by atoms with Crippen LogP contribution in [0.1, 0.15) is 25.6 Å². The summed E-state index contributed by atoms with van der Waals surface area (Å²) in [7, 11) is 4.07. The molecule has 0 unspecified atom stereocenters. The molecular formula is C13H24N4. The van der Waals surface area contributed by atoms with Crippen molar-refractivity contribution in [2.75, 3.05) is 20.3 Å². The molecule has 4 nitrogen and oxygen atoms in total. The monoisotopic (exact) mass is 236 g/mol. The standard InChI is InChI=1S/C8H16N2.C5H8N2/c1-3-4-5-10-7-6-9(2)8-10;1-5-6-3-4-7(5)2/h6-7H,3-5,8H2,1-2H3;3-4H,1-2H3. The number of nitrogens with zero attached hydrogens (tertiary/aromatic N) is 4. The van der Waals surface area contributed by atoms with Crippen LogP contribution in [0.3, 0.4) is 0 Å². The van der Waals surface area contributed by atoms with Gasteiger partial charge in [-0.2, -0.15) is 0 Å². The topological polar surface area (TPSA) is 24.3 Å². The minimum atomic E-state index is 1.06. The molecule has 1 aliphatic rings. The van der Waals surface area contributed by atoms with E-state index in [0.717, 1.165) is 12.5 Å². The van der Waals surface area contributed by atoms with Crippen LogP contribution in [0.2, 0.25) is 0 Å². The van der Waals surface area contributed by atoms with Crippen LogP contribution in [0.15, 0.2) is 24.8 Å². The summed E-state index contributed by atoms with van der Waals surface area (Å²) in [4.78, 5) is 8.51. The van der Waals surface area contributed by atoms with Gasteiger partial charge in [-0.25, -0.2) is 4.98 Å². The first-order valence-electron chi connectivity index (χ1n) is 6.20. The summed E-state index contributed by atoms with van der Waals surface area (Å²) >= 11 is 0. The van der Waals surface area contributed by atoms with Crippen LogP contribution < -0.4 is 0 Å². The van der Waals surface area contributed by atoms with E-state index in [1.54, 1.807) is 6.20 Å². The Balaban J connectivity index is 0.000000181. The molecule has 0 spiro atoms. The maximum Gasteiger partial charge on any atom is 0.105 e. The maximum absolute atomic E-state index is 3.98. The van der Waals surface area contributed by atoms with E-state index in [9.17, 15) is 0 Å². The van der Waals surface area contributed by atoms with Gasteiger partial charge in [-0.1, -0.05) is 13.3 Å². The summed E-state index contributed by atoms with van der Waals surface area (Å²) < 4.78 is 1.97. The maximum atomic E-state index is 3.98. The minimum absolute atomic E-state index is 1.06. The molecule has 2 rings (SSSR count). The molecule has 0 N–H and O–H groups in total. The molecule has 0 bridgehead atoms. The van der Waals surface area contributed by atoms with E-state index in [1.165, 1.54) is 19.4 Å². The fraction of sp³-hybridized carbons (Fsp3) is 0.615. The lowest BCUT2D eigenvalue weighted by Gasteiger charge is -2.17. The van der Waals surface area contributed by atoms with E-state index < -0.39 is 0 Å². The van der Waals surface area contributed by atoms with Crippen LogP contribution in [-0.2, 0) is 7.05 Å². The zero-order valence-corrected chi connectivity index (χ0v) is 11.4. The zero-order chi connectivity index (χ0) is 12.7. The van der Waals surface area contributed by atoms with Gasteiger partial charge in [-0.05, 0) is 13.3 Å². The predicted octanol–water partition coefficient (Wildman–Crippen LogP) is 2.19. The zero-order valence-electron chi connectivity index (χ0n) is 11.4. The molecule has 96 valence electrons. The van der Waals surface area contributed by atoms with E-state index in [0.29, 0.717) is 0 Å². The van der Waals surface area contributed by atoms with Crippen LogP contribution in [-0.4, -0.2) is 39.6 Å². The highest BCUT2D eigenvalue weighted by atomic mass is 15.3. The fourth-order valence-corrected chi connectivity index (χ4v) is 1.54. The molecule has 0 aliphatic carbocycles. The Morgan fingerprint density at radius 2 is 2.06 bits per heavy atom. The first-order valence-corrected chi connectivity index (χ1v) is 6.20. The van der Waals surface area contributed by atoms with E-state index in [1.807, 2.05) is 24.7 Å². The number of hydrogen-bond donors (Lipinski definition) is 0. The number of imidazole rings is 1. The van der Waals surface area contributed by atoms with Gasteiger partial charge >= 0.3 is 0 Å². The molecule has 2 heterocycles. The quantitative estimate of drug-likeness (QED) is 0.804. The van der Waals surface area contributed by atoms with E-state index in [4.69, 9.17) is 0 Å². The average Bonchev–Trinajstić information content (AvgIpc) is 2.87. The molecule has 4 heteroatoms. The smallest absolute Gasteiger partial charge is 0.105 e. The molecule has 0 saturated carbocycles. The van der Waals surface area contributed by atoms with E-state index >= 15 is 0 Å². The van der Waals surface area contributed by atoms with Crippen molar-refractivity contribution in [3.8, 4) is 0 Å². The number of aromatic nitrogens is 2. The lowest BCUT2D eigenvalue weighted by molar-refractivity contribution is 0.293. The number of rotatable bonds is 3. The molecule has 0 fully saturated rings. The minimum Gasteiger partial charge on any atom is -0.362 e. The van der Waals surface area contributed by atoms with Gasteiger partial charge in [0.05, 0.1) is 6.67 Å². The third-order valence-corrected chi connectivity index (χ3v) is 2.80. The van der Waals surface area contributed by atoms with Gasteiger partial charge < -0.3 is 14.4 Å². The Kier molecular flexibility index (Phi) is 5.60. The van der Waals surface area contributed by atoms with Crippen molar-refractivity contribution < 1.29 is 0 Å². The van der Waals surface area contributed by atoms with Crippen molar-refractivity contribution in [2.45, 2.75) is 26.7 Å². The Morgan fingerprint density at radius 1 is 1.29 bits per heavy atom. The summed E-state index contributed by atoms with van der Waals surface area (Å²) in [6.07, 6.45) is 10.6. The highest BCUT2D eigenvalue weighted by Gasteiger charge is 2.05. The number of hydrogen-bond acceptors (Lipinski definition) is 3. The van der Waals surface area contributed by atoms with Gasteiger partial charge in [0.15, 0.2) is 0 Å². The van der Waals surface area contributed by atoms with Crippen LogP contribution in [0, 0.1) is 6.92 Å². The molecule has 0 radical (unpaired) electrons. The van der Waals surface area contributed by atoms with Crippen molar-refractivity contribution >= 4 is 0 Å². The summed E-state index contributed by atoms with van der Waals surface area (Å²) in [6.45, 7) is 6.47. The third kappa shape index (κ3) is 4.93. The Morgan fingerprint density at radius 3 is 2.41 bits per heavy atom. The number of aryl methyl sites for hydroxylation is 2. The van der Waals surface area contributed by atoms with Crippen molar-refractivity contribution in [1.29, 1.82) is 0 Å².